The van der Waals surface area contributed by atoms with Crippen LogP contribution in [0.2, 0.25) is 0 Å². The third-order valence-corrected chi connectivity index (χ3v) is 3.17. The third kappa shape index (κ3) is 2.42. The fourth-order valence-corrected chi connectivity index (χ4v) is 2.29. The Morgan fingerprint density at radius 2 is 1.54 bits per heavy atom. The van der Waals surface area contributed by atoms with Crippen molar-refractivity contribution in [2.75, 3.05) is 0 Å². The summed E-state index contributed by atoms with van der Waals surface area (Å²) in [5, 5.41) is 8.07. The zero-order chi connectivity index (χ0) is 9.10. The molecule has 2 saturated heterocycles. The molecule has 3 heteroatoms. The average Bonchev–Trinajstić information content (AvgIpc) is 2.82. The van der Waals surface area contributed by atoms with Crippen LogP contribution in [0.25, 0.3) is 0 Å². The normalized spacial score (nSPS) is 36.7. The van der Waals surface area contributed by atoms with Crippen LogP contribution < -0.4 is 0 Å². The lowest BCUT2D eigenvalue weighted by Crippen LogP contribution is -2.25. The number of ether oxygens (including phenoxy) is 1. The fraction of sp³-hybridized carbons (Fsp3) is 1.00. The van der Waals surface area contributed by atoms with E-state index in [-0.39, 0.29) is 6.10 Å². The van der Waals surface area contributed by atoms with Gasteiger partial charge >= 0.3 is 0 Å². The summed E-state index contributed by atoms with van der Waals surface area (Å²) in [6.45, 7) is 0. The second-order valence-electron chi connectivity index (χ2n) is 4.21. The first-order valence-corrected chi connectivity index (χ1v) is 5.34. The SMILES string of the molecule is C1CC2CC1O2.OOC1CCCC1. The molecule has 0 radical (unpaired) electrons. The van der Waals surface area contributed by atoms with Gasteiger partial charge in [0.05, 0.1) is 18.3 Å². The Kier molecular flexibility index (Phi) is 3.19. The van der Waals surface area contributed by atoms with Crippen molar-refractivity contribution in [2.24, 2.45) is 0 Å². The molecule has 4 rings (SSSR count). The zero-order valence-corrected chi connectivity index (χ0v) is 7.95. The van der Waals surface area contributed by atoms with Crippen LogP contribution in [-0.2, 0) is 9.62 Å². The predicted molar refractivity (Wildman–Crippen MR) is 48.5 cm³/mol. The van der Waals surface area contributed by atoms with Gasteiger partial charge in [0, 0.05) is 0 Å². The summed E-state index contributed by atoms with van der Waals surface area (Å²) in [6, 6.07) is 0. The first-order valence-electron chi connectivity index (χ1n) is 5.34. The van der Waals surface area contributed by atoms with Crippen LogP contribution in [0.4, 0.5) is 0 Å². The van der Waals surface area contributed by atoms with Crippen molar-refractivity contribution in [3.63, 3.8) is 0 Å². The highest BCUT2D eigenvalue weighted by atomic mass is 17.1. The van der Waals surface area contributed by atoms with E-state index in [2.05, 4.69) is 4.89 Å². The Balaban J connectivity index is 0.000000101. The molecule has 0 amide bonds. The van der Waals surface area contributed by atoms with Crippen molar-refractivity contribution in [1.82, 2.24) is 0 Å². The van der Waals surface area contributed by atoms with E-state index in [1.807, 2.05) is 0 Å². The maximum atomic E-state index is 8.07. The lowest BCUT2D eigenvalue weighted by molar-refractivity contribution is -0.276. The van der Waals surface area contributed by atoms with Crippen LogP contribution in [0.15, 0.2) is 0 Å². The number of fused-ring (bicyclic) bond motifs is 1. The molecule has 2 heterocycles. The minimum absolute atomic E-state index is 0.153. The Morgan fingerprint density at radius 3 is 1.77 bits per heavy atom. The largest absolute Gasteiger partial charge is 0.375 e. The number of hydrogen-bond donors (Lipinski definition) is 1. The molecule has 2 aliphatic carbocycles. The van der Waals surface area contributed by atoms with Crippen molar-refractivity contribution in [2.45, 2.75) is 63.3 Å². The molecule has 13 heavy (non-hydrogen) atoms. The molecule has 0 aromatic carbocycles. The standard InChI is InChI=1S/C5H10O2.C5H8O/c6-7-5-3-1-2-4-5;1-2-5-3-4(1)6-5/h5-6H,1-4H2;4-5H,1-3H2. The van der Waals surface area contributed by atoms with Crippen molar-refractivity contribution < 1.29 is 14.9 Å². The van der Waals surface area contributed by atoms with E-state index in [0.717, 1.165) is 12.8 Å². The minimum atomic E-state index is 0.153. The van der Waals surface area contributed by atoms with Crippen molar-refractivity contribution in [3.8, 4) is 0 Å². The van der Waals surface area contributed by atoms with Gasteiger partial charge in [-0.05, 0) is 32.1 Å². The minimum Gasteiger partial charge on any atom is -0.375 e. The molecule has 0 spiro atoms. The summed E-state index contributed by atoms with van der Waals surface area (Å²) in [5.41, 5.74) is 0. The quantitative estimate of drug-likeness (QED) is 0.504. The van der Waals surface area contributed by atoms with Gasteiger partial charge in [0.25, 0.3) is 0 Å². The molecule has 4 fully saturated rings. The van der Waals surface area contributed by atoms with Crippen LogP contribution in [-0.4, -0.2) is 23.6 Å². The summed E-state index contributed by atoms with van der Waals surface area (Å²) < 4.78 is 5.25. The maximum absolute atomic E-state index is 8.07. The molecular formula is C10H18O3. The van der Waals surface area contributed by atoms with E-state index in [4.69, 9.17) is 9.99 Å². The van der Waals surface area contributed by atoms with Crippen molar-refractivity contribution in [1.29, 1.82) is 0 Å². The van der Waals surface area contributed by atoms with E-state index in [1.54, 1.807) is 0 Å². The Morgan fingerprint density at radius 1 is 1.00 bits per heavy atom. The second kappa shape index (κ2) is 4.40. The number of hydrogen-bond acceptors (Lipinski definition) is 3. The molecule has 1 N–H and O–H groups in total. The molecule has 2 unspecified atom stereocenters. The third-order valence-electron chi connectivity index (χ3n) is 3.17. The molecule has 76 valence electrons. The molecule has 2 aliphatic heterocycles. The highest BCUT2D eigenvalue weighted by Gasteiger charge is 2.36. The van der Waals surface area contributed by atoms with Crippen LogP contribution in [0.5, 0.6) is 0 Å². The Labute approximate surface area is 79.0 Å². The van der Waals surface area contributed by atoms with Crippen LogP contribution in [0.3, 0.4) is 0 Å². The van der Waals surface area contributed by atoms with Crippen LogP contribution >= 0.6 is 0 Å². The van der Waals surface area contributed by atoms with E-state index in [1.165, 1.54) is 32.1 Å². The molecular weight excluding hydrogens is 168 g/mol. The van der Waals surface area contributed by atoms with Gasteiger partial charge in [0.2, 0.25) is 0 Å². The smallest absolute Gasteiger partial charge is 0.0927 e. The lowest BCUT2D eigenvalue weighted by Gasteiger charge is -2.23. The van der Waals surface area contributed by atoms with E-state index >= 15 is 0 Å². The average molecular weight is 186 g/mol. The van der Waals surface area contributed by atoms with Crippen molar-refractivity contribution >= 4 is 0 Å². The van der Waals surface area contributed by atoms with Gasteiger partial charge in [-0.2, -0.15) is 0 Å². The molecule has 4 aliphatic rings. The fourth-order valence-electron chi connectivity index (χ4n) is 2.29. The van der Waals surface area contributed by atoms with Gasteiger partial charge in [0.1, 0.15) is 0 Å². The zero-order valence-electron chi connectivity index (χ0n) is 7.95. The van der Waals surface area contributed by atoms with E-state index < -0.39 is 0 Å². The Bertz CT molecular complexity index is 135. The first kappa shape index (κ1) is 9.44. The van der Waals surface area contributed by atoms with Gasteiger partial charge in [-0.25, -0.2) is 4.89 Å². The summed E-state index contributed by atoms with van der Waals surface area (Å²) in [4.78, 5) is 4.11. The van der Waals surface area contributed by atoms with Gasteiger partial charge in [-0.3, -0.25) is 5.26 Å². The van der Waals surface area contributed by atoms with Gasteiger partial charge in [-0.1, -0.05) is 12.8 Å². The summed E-state index contributed by atoms with van der Waals surface area (Å²) >= 11 is 0. The maximum Gasteiger partial charge on any atom is 0.0927 e. The molecule has 3 nitrogen and oxygen atoms in total. The van der Waals surface area contributed by atoms with Crippen molar-refractivity contribution in [3.05, 3.63) is 0 Å². The number of rotatable bonds is 1. The van der Waals surface area contributed by atoms with Crippen LogP contribution in [0.1, 0.15) is 44.9 Å². The first-order chi connectivity index (χ1) is 6.38. The monoisotopic (exact) mass is 186 g/mol. The molecule has 2 atom stereocenters. The van der Waals surface area contributed by atoms with Gasteiger partial charge in [-0.15, -0.1) is 0 Å². The molecule has 0 aromatic heterocycles. The second-order valence-corrected chi connectivity index (χ2v) is 4.21. The highest BCUT2D eigenvalue weighted by Crippen LogP contribution is 2.36. The Hall–Kier alpha value is -0.120. The summed E-state index contributed by atoms with van der Waals surface area (Å²) in [6.07, 6.45) is 10.1. The predicted octanol–water partition coefficient (Wildman–Crippen LogP) is 2.36. The topological polar surface area (TPSA) is 38.7 Å². The lowest BCUT2D eigenvalue weighted by atomic mass is 10.2. The van der Waals surface area contributed by atoms with Gasteiger partial charge < -0.3 is 4.74 Å². The van der Waals surface area contributed by atoms with Gasteiger partial charge in [0.15, 0.2) is 0 Å². The molecule has 0 aromatic rings. The molecule has 2 bridgehead atoms. The van der Waals surface area contributed by atoms with E-state index in [9.17, 15) is 0 Å². The summed E-state index contributed by atoms with van der Waals surface area (Å²) in [7, 11) is 0. The highest BCUT2D eigenvalue weighted by molar-refractivity contribution is 4.86. The molecule has 2 saturated carbocycles. The summed E-state index contributed by atoms with van der Waals surface area (Å²) in [5.74, 6) is 0. The van der Waals surface area contributed by atoms with Crippen LogP contribution in [0, 0.1) is 0 Å². The van der Waals surface area contributed by atoms with E-state index in [0.29, 0.717) is 12.2 Å².